The van der Waals surface area contributed by atoms with Gasteiger partial charge in [0.1, 0.15) is 0 Å². The molecule has 0 atom stereocenters. The molecule has 0 aliphatic carbocycles. The number of amides is 1. The molecule has 1 amide bonds. The highest BCUT2D eigenvalue weighted by molar-refractivity contribution is 6.62. The van der Waals surface area contributed by atoms with E-state index in [1.54, 1.807) is 0 Å². The number of nitrogens with one attached hydrogen (secondary N) is 1. The molecule has 0 heterocycles. The van der Waals surface area contributed by atoms with Gasteiger partial charge in [-0.1, -0.05) is 11.6 Å². The quantitative estimate of drug-likeness (QED) is 0.486. The zero-order valence-corrected chi connectivity index (χ0v) is 10.1. The van der Waals surface area contributed by atoms with Crippen molar-refractivity contribution >= 4 is 30.1 Å². The van der Waals surface area contributed by atoms with Gasteiger partial charge in [-0.2, -0.15) is 0 Å². The lowest BCUT2D eigenvalue weighted by atomic mass is 9.79. The molecule has 0 aliphatic heterocycles. The Kier molecular flexibility index (Phi) is 5.44. The Morgan fingerprint density at radius 2 is 2.24 bits per heavy atom. The summed E-state index contributed by atoms with van der Waals surface area (Å²) < 4.78 is 4.79. The van der Waals surface area contributed by atoms with Gasteiger partial charge < -0.3 is 20.1 Å². The number of carbonyl (C=O) groups excluding carboxylic acids is 1. The van der Waals surface area contributed by atoms with Crippen LogP contribution in [0.5, 0.6) is 0 Å². The van der Waals surface area contributed by atoms with Gasteiger partial charge in [0.2, 0.25) is 0 Å². The minimum absolute atomic E-state index is 0.103. The van der Waals surface area contributed by atoms with Gasteiger partial charge >= 0.3 is 7.12 Å². The van der Waals surface area contributed by atoms with Gasteiger partial charge in [0.15, 0.2) is 0 Å². The molecule has 92 valence electrons. The normalized spacial score (nSPS) is 10.1. The lowest BCUT2D eigenvalue weighted by Gasteiger charge is -2.07. The molecule has 7 heteroatoms. The Bertz CT molecular complexity index is 400. The molecule has 1 aromatic carbocycles. The third kappa shape index (κ3) is 4.01. The number of benzene rings is 1. The molecule has 5 nitrogen and oxygen atoms in total. The maximum absolute atomic E-state index is 11.6. The predicted molar refractivity (Wildman–Crippen MR) is 65.5 cm³/mol. The first-order chi connectivity index (χ1) is 8.06. The average molecular weight is 257 g/mol. The third-order valence-corrected chi connectivity index (χ3v) is 2.47. The molecule has 0 saturated carbocycles. The molecule has 0 bridgehead atoms. The lowest BCUT2D eigenvalue weighted by molar-refractivity contribution is 0.0937. The summed E-state index contributed by atoms with van der Waals surface area (Å²) in [5.74, 6) is -0.319. The fourth-order valence-corrected chi connectivity index (χ4v) is 1.47. The van der Waals surface area contributed by atoms with Crippen LogP contribution in [-0.4, -0.2) is 43.3 Å². The Morgan fingerprint density at radius 1 is 1.53 bits per heavy atom. The van der Waals surface area contributed by atoms with Crippen LogP contribution in [0.3, 0.4) is 0 Å². The zero-order valence-electron chi connectivity index (χ0n) is 9.31. The van der Waals surface area contributed by atoms with Crippen molar-refractivity contribution in [2.45, 2.75) is 0 Å². The predicted octanol–water partition coefficient (Wildman–Crippen LogP) is -0.604. The second kappa shape index (κ2) is 6.61. The van der Waals surface area contributed by atoms with E-state index >= 15 is 0 Å². The van der Waals surface area contributed by atoms with Crippen LogP contribution >= 0.6 is 11.6 Å². The maximum Gasteiger partial charge on any atom is 0.489 e. The number of hydrogen-bond donors (Lipinski definition) is 3. The fraction of sp³-hybridized carbons (Fsp3) is 0.300. The standard InChI is InChI=1S/C10H13BClNO4/c1-17-5-4-13-10(14)7-2-3-9(12)8(6-7)11(15)16/h2-3,6,15-16H,4-5H2,1H3,(H,13,14). The molecule has 0 spiro atoms. The lowest BCUT2D eigenvalue weighted by Crippen LogP contribution is -2.33. The van der Waals surface area contributed by atoms with Crippen LogP contribution < -0.4 is 10.8 Å². The fourth-order valence-electron chi connectivity index (χ4n) is 1.25. The van der Waals surface area contributed by atoms with E-state index in [9.17, 15) is 4.79 Å². The van der Waals surface area contributed by atoms with Crippen molar-refractivity contribution in [3.05, 3.63) is 28.8 Å². The number of hydrogen-bond acceptors (Lipinski definition) is 4. The van der Waals surface area contributed by atoms with Crippen molar-refractivity contribution in [1.29, 1.82) is 0 Å². The first-order valence-electron chi connectivity index (χ1n) is 4.99. The van der Waals surface area contributed by atoms with E-state index in [1.165, 1.54) is 25.3 Å². The molecule has 0 fully saturated rings. The molecule has 0 saturated heterocycles. The first-order valence-corrected chi connectivity index (χ1v) is 5.36. The Balaban J connectivity index is 2.77. The Hall–Kier alpha value is -1.08. The van der Waals surface area contributed by atoms with Gasteiger partial charge in [0.05, 0.1) is 6.61 Å². The van der Waals surface area contributed by atoms with E-state index in [0.717, 1.165) is 0 Å². The minimum atomic E-state index is -1.70. The van der Waals surface area contributed by atoms with E-state index in [4.69, 9.17) is 26.4 Å². The van der Waals surface area contributed by atoms with Crippen molar-refractivity contribution in [2.24, 2.45) is 0 Å². The maximum atomic E-state index is 11.6. The summed E-state index contributed by atoms with van der Waals surface area (Å²) in [5, 5.41) is 20.9. The van der Waals surface area contributed by atoms with Gasteiger partial charge in [-0.3, -0.25) is 4.79 Å². The van der Waals surface area contributed by atoms with Crippen LogP contribution in [0.25, 0.3) is 0 Å². The molecule has 0 aliphatic rings. The SMILES string of the molecule is COCCNC(=O)c1ccc(Cl)c(B(O)O)c1. The van der Waals surface area contributed by atoms with Crippen molar-refractivity contribution in [2.75, 3.05) is 20.3 Å². The summed E-state index contributed by atoms with van der Waals surface area (Å²) in [6.07, 6.45) is 0. The third-order valence-electron chi connectivity index (χ3n) is 2.13. The molecule has 3 N–H and O–H groups in total. The molecular formula is C10H13BClNO4. The van der Waals surface area contributed by atoms with Crippen LogP contribution in [0.1, 0.15) is 10.4 Å². The molecular weight excluding hydrogens is 244 g/mol. The zero-order chi connectivity index (χ0) is 12.8. The monoisotopic (exact) mass is 257 g/mol. The largest absolute Gasteiger partial charge is 0.489 e. The molecule has 0 unspecified atom stereocenters. The Labute approximate surface area is 105 Å². The van der Waals surface area contributed by atoms with E-state index in [1.807, 2.05) is 0 Å². The van der Waals surface area contributed by atoms with Crippen molar-refractivity contribution in [1.82, 2.24) is 5.32 Å². The minimum Gasteiger partial charge on any atom is -0.423 e. The smallest absolute Gasteiger partial charge is 0.423 e. The summed E-state index contributed by atoms with van der Waals surface area (Å²) in [6.45, 7) is 0.795. The second-order valence-electron chi connectivity index (χ2n) is 3.36. The van der Waals surface area contributed by atoms with Crippen LogP contribution in [0.15, 0.2) is 18.2 Å². The van der Waals surface area contributed by atoms with Crippen molar-refractivity contribution < 1.29 is 19.6 Å². The van der Waals surface area contributed by atoms with Crippen molar-refractivity contribution in [3.8, 4) is 0 Å². The number of rotatable bonds is 5. The van der Waals surface area contributed by atoms with Gasteiger partial charge in [0.25, 0.3) is 5.91 Å². The van der Waals surface area contributed by atoms with Crippen LogP contribution in [0, 0.1) is 0 Å². The molecule has 1 rings (SSSR count). The summed E-state index contributed by atoms with van der Waals surface area (Å²) in [4.78, 5) is 11.6. The van der Waals surface area contributed by atoms with Crippen molar-refractivity contribution in [3.63, 3.8) is 0 Å². The summed E-state index contributed by atoms with van der Waals surface area (Å²) in [6, 6.07) is 4.30. The molecule has 0 aromatic heterocycles. The number of halogens is 1. The van der Waals surface area contributed by atoms with E-state index in [-0.39, 0.29) is 16.4 Å². The second-order valence-corrected chi connectivity index (χ2v) is 3.77. The van der Waals surface area contributed by atoms with E-state index < -0.39 is 7.12 Å². The number of methoxy groups -OCH3 is 1. The van der Waals surface area contributed by atoms with Crippen LogP contribution in [0.4, 0.5) is 0 Å². The summed E-state index contributed by atoms with van der Waals surface area (Å²) >= 11 is 5.75. The highest BCUT2D eigenvalue weighted by Crippen LogP contribution is 2.08. The van der Waals surface area contributed by atoms with Gasteiger partial charge in [0, 0.05) is 29.7 Å². The van der Waals surface area contributed by atoms with Crippen LogP contribution in [-0.2, 0) is 4.74 Å². The highest BCUT2D eigenvalue weighted by Gasteiger charge is 2.17. The molecule has 17 heavy (non-hydrogen) atoms. The van der Waals surface area contributed by atoms with Gasteiger partial charge in [-0.05, 0) is 18.2 Å². The number of carbonyl (C=O) groups is 1. The molecule has 0 radical (unpaired) electrons. The highest BCUT2D eigenvalue weighted by atomic mass is 35.5. The van der Waals surface area contributed by atoms with E-state index in [2.05, 4.69) is 5.32 Å². The topological polar surface area (TPSA) is 78.8 Å². The number of ether oxygens (including phenoxy) is 1. The van der Waals surface area contributed by atoms with Gasteiger partial charge in [-0.15, -0.1) is 0 Å². The van der Waals surface area contributed by atoms with Gasteiger partial charge in [-0.25, -0.2) is 0 Å². The molecule has 1 aromatic rings. The van der Waals surface area contributed by atoms with Crippen LogP contribution in [0.2, 0.25) is 5.02 Å². The summed E-state index contributed by atoms with van der Waals surface area (Å²) in [7, 11) is -0.163. The van der Waals surface area contributed by atoms with E-state index in [0.29, 0.717) is 18.7 Å². The first kappa shape index (κ1) is 14.0. The summed E-state index contributed by atoms with van der Waals surface area (Å²) in [5.41, 5.74) is 0.416. The average Bonchev–Trinajstić information content (AvgIpc) is 2.29. The Morgan fingerprint density at radius 3 is 2.82 bits per heavy atom.